The van der Waals surface area contributed by atoms with E-state index in [4.69, 9.17) is 12.2 Å². The van der Waals surface area contributed by atoms with Crippen molar-refractivity contribution in [1.29, 1.82) is 0 Å². The zero-order valence-corrected chi connectivity index (χ0v) is 16.8. The van der Waals surface area contributed by atoms with Crippen LogP contribution in [0.4, 0.5) is 10.8 Å². The molecule has 0 spiro atoms. The van der Waals surface area contributed by atoms with E-state index in [0.29, 0.717) is 5.13 Å². The molecule has 0 atom stereocenters. The number of thioether (sulfide) groups is 1. The van der Waals surface area contributed by atoms with Crippen LogP contribution < -0.4 is 21.5 Å². The number of aromatic nitrogens is 1. The summed E-state index contributed by atoms with van der Waals surface area (Å²) < 4.78 is 0.914. The smallest absolute Gasteiger partial charge is 0.248 e. The number of thiazole rings is 1. The quantitative estimate of drug-likeness (QED) is 0.389. The second kappa shape index (κ2) is 10.3. The van der Waals surface area contributed by atoms with E-state index in [2.05, 4.69) is 42.4 Å². The minimum absolute atomic E-state index is 0.123. The molecule has 0 bridgehead atoms. The Balaban J connectivity index is 1.60. The number of nitrogens with zero attached hydrogens (tertiary/aromatic N) is 1. The summed E-state index contributed by atoms with van der Waals surface area (Å²) in [4.78, 5) is 27.3. The van der Waals surface area contributed by atoms with Crippen molar-refractivity contribution in [2.75, 3.05) is 22.1 Å². The number of nitrogens with one attached hydrogen (secondary N) is 4. The van der Waals surface area contributed by atoms with Crippen LogP contribution in [0.3, 0.4) is 0 Å². The number of thiocarbonyl (C=S) groups is 1. The van der Waals surface area contributed by atoms with E-state index < -0.39 is 0 Å². The summed E-state index contributed by atoms with van der Waals surface area (Å²) in [5.41, 5.74) is 5.86. The Morgan fingerprint density at radius 2 is 2.00 bits per heavy atom. The third-order valence-electron chi connectivity index (χ3n) is 2.54. The van der Waals surface area contributed by atoms with Gasteiger partial charge in [0, 0.05) is 21.7 Å². The fraction of sp³-hybridized carbons (Fsp3) is 0.143. The Labute approximate surface area is 166 Å². The number of carbonyl (C=O) groups excluding carboxylic acids is 2. The molecule has 4 N–H and O–H groups in total. The van der Waals surface area contributed by atoms with Crippen LogP contribution in [0.1, 0.15) is 0 Å². The highest BCUT2D eigenvalue weighted by Crippen LogP contribution is 2.15. The number of halogens is 1. The van der Waals surface area contributed by atoms with Gasteiger partial charge in [-0.1, -0.05) is 22.0 Å². The van der Waals surface area contributed by atoms with Gasteiger partial charge >= 0.3 is 0 Å². The lowest BCUT2D eigenvalue weighted by Gasteiger charge is -2.11. The minimum Gasteiger partial charge on any atom is -0.331 e. The summed E-state index contributed by atoms with van der Waals surface area (Å²) in [6.45, 7) is 0. The number of hydrogen-bond donors (Lipinski definition) is 4. The second-order valence-corrected chi connectivity index (χ2v) is 7.72. The van der Waals surface area contributed by atoms with Gasteiger partial charge in [-0.2, -0.15) is 0 Å². The van der Waals surface area contributed by atoms with Crippen molar-refractivity contribution < 1.29 is 9.59 Å². The second-order valence-electron chi connectivity index (χ2n) is 4.52. The van der Waals surface area contributed by atoms with Gasteiger partial charge in [-0.15, -0.1) is 23.1 Å². The van der Waals surface area contributed by atoms with Crippen molar-refractivity contribution in [3.05, 3.63) is 40.3 Å². The van der Waals surface area contributed by atoms with Crippen molar-refractivity contribution in [2.45, 2.75) is 0 Å². The van der Waals surface area contributed by atoms with Crippen molar-refractivity contribution >= 4 is 79.0 Å². The first kappa shape index (κ1) is 19.6. The number of hydrazine groups is 1. The summed E-state index contributed by atoms with van der Waals surface area (Å²) in [5.74, 6) is -0.205. The Kier molecular flexibility index (Phi) is 8.12. The Bertz CT molecular complexity index is 742. The maximum atomic E-state index is 11.7. The average Bonchev–Trinajstić information content (AvgIpc) is 3.06. The molecular weight excluding hydrogens is 446 g/mol. The molecule has 2 amide bonds. The molecule has 1 heterocycles. The van der Waals surface area contributed by atoms with Crippen LogP contribution >= 0.6 is 51.2 Å². The van der Waals surface area contributed by atoms with Crippen LogP contribution in [-0.4, -0.2) is 33.4 Å². The summed E-state index contributed by atoms with van der Waals surface area (Å²) in [7, 11) is 0. The first-order chi connectivity index (χ1) is 12.0. The zero-order chi connectivity index (χ0) is 18.1. The van der Waals surface area contributed by atoms with E-state index in [1.54, 1.807) is 11.6 Å². The van der Waals surface area contributed by atoms with Crippen LogP contribution in [0, 0.1) is 0 Å². The van der Waals surface area contributed by atoms with Gasteiger partial charge < -0.3 is 10.6 Å². The van der Waals surface area contributed by atoms with E-state index in [1.807, 2.05) is 24.3 Å². The fourth-order valence-electron chi connectivity index (χ4n) is 1.57. The van der Waals surface area contributed by atoms with Gasteiger partial charge in [0.15, 0.2) is 10.2 Å². The van der Waals surface area contributed by atoms with Gasteiger partial charge in [0.1, 0.15) is 0 Å². The monoisotopic (exact) mass is 459 g/mol. The lowest BCUT2D eigenvalue weighted by molar-refractivity contribution is -0.119. The van der Waals surface area contributed by atoms with Gasteiger partial charge in [-0.05, 0) is 30.4 Å². The topological polar surface area (TPSA) is 95.2 Å². The number of hydrogen-bond acceptors (Lipinski definition) is 6. The molecule has 11 heteroatoms. The Morgan fingerprint density at radius 1 is 1.20 bits per heavy atom. The Morgan fingerprint density at radius 3 is 2.72 bits per heavy atom. The highest BCUT2D eigenvalue weighted by atomic mass is 79.9. The molecule has 25 heavy (non-hydrogen) atoms. The molecule has 132 valence electrons. The van der Waals surface area contributed by atoms with Gasteiger partial charge in [-0.3, -0.25) is 20.4 Å². The molecule has 1 aromatic carbocycles. The predicted molar refractivity (Wildman–Crippen MR) is 110 cm³/mol. The van der Waals surface area contributed by atoms with Gasteiger partial charge in [0.05, 0.1) is 11.5 Å². The van der Waals surface area contributed by atoms with Crippen molar-refractivity contribution in [1.82, 2.24) is 15.8 Å². The molecule has 1 aromatic heterocycles. The molecule has 7 nitrogen and oxygen atoms in total. The predicted octanol–water partition coefficient (Wildman–Crippen LogP) is 2.60. The van der Waals surface area contributed by atoms with Gasteiger partial charge in [0.25, 0.3) is 0 Å². The lowest BCUT2D eigenvalue weighted by Crippen LogP contribution is -2.44. The molecule has 0 aliphatic heterocycles. The molecule has 0 aliphatic rings. The summed E-state index contributed by atoms with van der Waals surface area (Å²) >= 11 is 11.0. The SMILES string of the molecule is O=C(CSCC(=O)Nc1nccs1)NNC(=S)Nc1cccc(Br)c1. The number of benzene rings is 1. The molecule has 2 aromatic rings. The standard InChI is InChI=1S/C14H14BrN5O2S3/c15-9-2-1-3-10(6-9)17-13(23)20-19-12(22)8-24-7-11(21)18-14-16-4-5-25-14/h1-6H,7-8H2,(H,19,22)(H,16,18,21)(H2,17,20,23). The van der Waals surface area contributed by atoms with Crippen LogP contribution in [0.15, 0.2) is 40.3 Å². The number of anilines is 2. The van der Waals surface area contributed by atoms with E-state index in [1.165, 1.54) is 23.1 Å². The van der Waals surface area contributed by atoms with Crippen LogP contribution in [0.25, 0.3) is 0 Å². The first-order valence-electron chi connectivity index (χ1n) is 6.91. The normalized spacial score (nSPS) is 9.96. The third-order valence-corrected chi connectivity index (χ3v) is 4.86. The molecule has 0 unspecified atom stereocenters. The van der Waals surface area contributed by atoms with Crippen molar-refractivity contribution in [2.24, 2.45) is 0 Å². The first-order valence-corrected chi connectivity index (χ1v) is 10.1. The van der Waals surface area contributed by atoms with E-state index >= 15 is 0 Å². The Hall–Kier alpha value is -1.69. The van der Waals surface area contributed by atoms with E-state index in [9.17, 15) is 9.59 Å². The molecule has 0 aliphatic carbocycles. The fourth-order valence-corrected chi connectivity index (χ4v) is 3.30. The molecule has 0 fully saturated rings. The van der Waals surface area contributed by atoms with Crippen LogP contribution in [0.5, 0.6) is 0 Å². The zero-order valence-electron chi connectivity index (χ0n) is 12.7. The van der Waals surface area contributed by atoms with Crippen molar-refractivity contribution in [3.8, 4) is 0 Å². The third kappa shape index (κ3) is 7.82. The van der Waals surface area contributed by atoms with Crippen molar-refractivity contribution in [3.63, 3.8) is 0 Å². The molecular formula is C14H14BrN5O2S3. The highest BCUT2D eigenvalue weighted by Gasteiger charge is 2.07. The summed E-state index contributed by atoms with van der Waals surface area (Å²) in [6.07, 6.45) is 1.61. The lowest BCUT2D eigenvalue weighted by atomic mass is 10.3. The molecule has 0 saturated carbocycles. The number of amides is 2. The average molecular weight is 460 g/mol. The van der Waals surface area contributed by atoms with Crippen LogP contribution in [-0.2, 0) is 9.59 Å². The maximum Gasteiger partial charge on any atom is 0.248 e. The molecule has 0 radical (unpaired) electrons. The molecule has 2 rings (SSSR count). The largest absolute Gasteiger partial charge is 0.331 e. The summed E-state index contributed by atoms with van der Waals surface area (Å²) in [5, 5.41) is 8.15. The highest BCUT2D eigenvalue weighted by molar-refractivity contribution is 9.10. The minimum atomic E-state index is -0.287. The number of rotatable bonds is 6. The maximum absolute atomic E-state index is 11.7. The van der Waals surface area contributed by atoms with E-state index in [-0.39, 0.29) is 28.4 Å². The number of carbonyl (C=O) groups is 2. The molecule has 0 saturated heterocycles. The summed E-state index contributed by atoms with van der Waals surface area (Å²) in [6, 6.07) is 7.45. The van der Waals surface area contributed by atoms with Gasteiger partial charge in [-0.25, -0.2) is 4.98 Å². The van der Waals surface area contributed by atoms with Gasteiger partial charge in [0.2, 0.25) is 11.8 Å². The van der Waals surface area contributed by atoms with E-state index in [0.717, 1.165) is 10.2 Å². The van der Waals surface area contributed by atoms with Crippen LogP contribution in [0.2, 0.25) is 0 Å².